The first-order chi connectivity index (χ1) is 11.2. The van der Waals surface area contributed by atoms with Gasteiger partial charge in [0, 0.05) is 29.6 Å². The highest BCUT2D eigenvalue weighted by atomic mass is 35.5. The van der Waals surface area contributed by atoms with Gasteiger partial charge in [0.15, 0.2) is 11.5 Å². The number of benzene rings is 2. The summed E-state index contributed by atoms with van der Waals surface area (Å²) in [5.41, 5.74) is 1.09. The van der Waals surface area contributed by atoms with E-state index < -0.39 is 0 Å². The standard InChI is InChI=1S/C19H22ClNO2/c1-3-21(4-2)12-11-17-15-7-5-6-8-16(15)22-18-10-9-14(20)13-19(18)23-17/h5-10,13,17H,3-4,11-12H2,1-2H3. The van der Waals surface area contributed by atoms with Crippen LogP contribution in [0.2, 0.25) is 5.02 Å². The summed E-state index contributed by atoms with van der Waals surface area (Å²) in [6.45, 7) is 7.45. The highest BCUT2D eigenvalue weighted by Gasteiger charge is 2.24. The topological polar surface area (TPSA) is 21.7 Å². The van der Waals surface area contributed by atoms with Crippen LogP contribution >= 0.6 is 11.6 Å². The summed E-state index contributed by atoms with van der Waals surface area (Å²) < 4.78 is 12.3. The van der Waals surface area contributed by atoms with Crippen LogP contribution in [0.1, 0.15) is 31.9 Å². The lowest BCUT2D eigenvalue weighted by molar-refractivity contribution is 0.170. The summed E-state index contributed by atoms with van der Waals surface area (Å²) >= 11 is 6.12. The third-order valence-corrected chi connectivity index (χ3v) is 4.50. The SMILES string of the molecule is CCN(CC)CCC1Oc2cc(Cl)ccc2Oc2ccccc21. The number of hydrogen-bond acceptors (Lipinski definition) is 3. The zero-order valence-corrected chi connectivity index (χ0v) is 14.3. The molecule has 0 amide bonds. The third kappa shape index (κ3) is 3.62. The van der Waals surface area contributed by atoms with Gasteiger partial charge in [-0.25, -0.2) is 0 Å². The monoisotopic (exact) mass is 331 g/mol. The molecule has 23 heavy (non-hydrogen) atoms. The second kappa shape index (κ2) is 7.24. The molecule has 1 heterocycles. The fourth-order valence-corrected chi connectivity index (χ4v) is 3.05. The molecular formula is C19H22ClNO2. The van der Waals surface area contributed by atoms with Crippen LogP contribution < -0.4 is 9.47 Å². The molecule has 0 spiro atoms. The number of rotatable bonds is 5. The first kappa shape index (κ1) is 16.2. The number of para-hydroxylation sites is 1. The van der Waals surface area contributed by atoms with E-state index in [1.54, 1.807) is 0 Å². The summed E-state index contributed by atoms with van der Waals surface area (Å²) in [5, 5.41) is 0.654. The predicted octanol–water partition coefficient (Wildman–Crippen LogP) is 5.30. The smallest absolute Gasteiger partial charge is 0.169 e. The van der Waals surface area contributed by atoms with E-state index in [0.29, 0.717) is 16.5 Å². The van der Waals surface area contributed by atoms with E-state index in [0.717, 1.165) is 37.4 Å². The van der Waals surface area contributed by atoms with Crippen molar-refractivity contribution in [3.63, 3.8) is 0 Å². The van der Waals surface area contributed by atoms with Gasteiger partial charge < -0.3 is 14.4 Å². The zero-order chi connectivity index (χ0) is 16.2. The number of ether oxygens (including phenoxy) is 2. The van der Waals surface area contributed by atoms with E-state index in [1.807, 2.05) is 36.4 Å². The fraction of sp³-hybridized carbons (Fsp3) is 0.368. The molecule has 1 atom stereocenters. The normalized spacial score (nSPS) is 16.1. The van der Waals surface area contributed by atoms with Crippen LogP contribution in [0.5, 0.6) is 17.2 Å². The van der Waals surface area contributed by atoms with Gasteiger partial charge in [0.05, 0.1) is 0 Å². The molecule has 0 N–H and O–H groups in total. The van der Waals surface area contributed by atoms with Crippen molar-refractivity contribution in [3.8, 4) is 17.2 Å². The van der Waals surface area contributed by atoms with Crippen LogP contribution in [0.4, 0.5) is 0 Å². The van der Waals surface area contributed by atoms with Gasteiger partial charge >= 0.3 is 0 Å². The highest BCUT2D eigenvalue weighted by Crippen LogP contribution is 2.43. The molecule has 0 fully saturated rings. The van der Waals surface area contributed by atoms with Crippen molar-refractivity contribution in [2.24, 2.45) is 0 Å². The third-order valence-electron chi connectivity index (χ3n) is 4.26. The van der Waals surface area contributed by atoms with Crippen molar-refractivity contribution in [2.45, 2.75) is 26.4 Å². The molecule has 0 saturated heterocycles. The van der Waals surface area contributed by atoms with E-state index in [-0.39, 0.29) is 6.10 Å². The molecule has 2 aromatic rings. The summed E-state index contributed by atoms with van der Waals surface area (Å²) in [5.74, 6) is 2.28. The lowest BCUT2D eigenvalue weighted by Gasteiger charge is -2.23. The summed E-state index contributed by atoms with van der Waals surface area (Å²) in [6.07, 6.45) is 0.875. The Balaban J connectivity index is 1.90. The quantitative estimate of drug-likeness (QED) is 0.742. The van der Waals surface area contributed by atoms with Gasteiger partial charge in [-0.1, -0.05) is 43.6 Å². The van der Waals surface area contributed by atoms with Crippen molar-refractivity contribution < 1.29 is 9.47 Å². The van der Waals surface area contributed by atoms with Gasteiger partial charge in [0.1, 0.15) is 11.9 Å². The van der Waals surface area contributed by atoms with E-state index in [2.05, 4.69) is 24.8 Å². The van der Waals surface area contributed by atoms with Gasteiger partial charge in [0.2, 0.25) is 0 Å². The number of fused-ring (bicyclic) bond motifs is 2. The Kier molecular flexibility index (Phi) is 5.09. The molecule has 0 aromatic heterocycles. The molecule has 0 radical (unpaired) electrons. The van der Waals surface area contributed by atoms with E-state index in [1.165, 1.54) is 0 Å². The lowest BCUT2D eigenvalue weighted by Crippen LogP contribution is -2.26. The van der Waals surface area contributed by atoms with Crippen molar-refractivity contribution >= 4 is 11.6 Å². The molecule has 4 heteroatoms. The predicted molar refractivity (Wildman–Crippen MR) is 93.7 cm³/mol. The molecule has 1 aliphatic heterocycles. The Hall–Kier alpha value is -1.71. The van der Waals surface area contributed by atoms with Crippen molar-refractivity contribution in [1.29, 1.82) is 0 Å². The number of halogens is 1. The molecule has 1 unspecified atom stereocenters. The van der Waals surface area contributed by atoms with E-state index >= 15 is 0 Å². The Morgan fingerprint density at radius 2 is 1.78 bits per heavy atom. The number of hydrogen-bond donors (Lipinski definition) is 0. The number of nitrogens with zero attached hydrogens (tertiary/aromatic N) is 1. The Morgan fingerprint density at radius 1 is 1.00 bits per heavy atom. The van der Waals surface area contributed by atoms with Crippen molar-refractivity contribution in [2.75, 3.05) is 19.6 Å². The summed E-state index contributed by atoms with van der Waals surface area (Å²) in [4.78, 5) is 2.40. The van der Waals surface area contributed by atoms with E-state index in [4.69, 9.17) is 21.1 Å². The van der Waals surface area contributed by atoms with Gasteiger partial charge in [-0.3, -0.25) is 0 Å². The van der Waals surface area contributed by atoms with Crippen LogP contribution in [0.3, 0.4) is 0 Å². The maximum Gasteiger partial charge on any atom is 0.169 e. The average Bonchev–Trinajstić information content (AvgIpc) is 2.72. The van der Waals surface area contributed by atoms with Gasteiger partial charge in [-0.15, -0.1) is 0 Å². The maximum absolute atomic E-state index is 6.27. The van der Waals surface area contributed by atoms with Gasteiger partial charge in [0.25, 0.3) is 0 Å². The minimum absolute atomic E-state index is 0.0356. The first-order valence-electron chi connectivity index (χ1n) is 8.16. The Labute approximate surface area is 142 Å². The largest absolute Gasteiger partial charge is 0.482 e. The average molecular weight is 332 g/mol. The van der Waals surface area contributed by atoms with Crippen LogP contribution in [0.25, 0.3) is 0 Å². The molecule has 3 rings (SSSR count). The Morgan fingerprint density at radius 3 is 2.57 bits per heavy atom. The molecule has 3 nitrogen and oxygen atoms in total. The lowest BCUT2D eigenvalue weighted by atomic mass is 10.0. The van der Waals surface area contributed by atoms with E-state index in [9.17, 15) is 0 Å². The van der Waals surface area contributed by atoms with Crippen molar-refractivity contribution in [1.82, 2.24) is 4.90 Å². The molecule has 2 aromatic carbocycles. The Bertz CT molecular complexity index is 670. The van der Waals surface area contributed by atoms with Crippen LogP contribution in [0.15, 0.2) is 42.5 Å². The molecule has 0 saturated carbocycles. The highest BCUT2D eigenvalue weighted by molar-refractivity contribution is 6.30. The first-order valence-corrected chi connectivity index (χ1v) is 8.54. The molecule has 1 aliphatic rings. The molecule has 0 aliphatic carbocycles. The minimum atomic E-state index is -0.0356. The molecule has 0 bridgehead atoms. The molecule has 122 valence electrons. The second-order valence-corrected chi connectivity index (χ2v) is 6.09. The second-order valence-electron chi connectivity index (χ2n) is 5.65. The summed E-state index contributed by atoms with van der Waals surface area (Å²) in [6, 6.07) is 13.6. The molecular weight excluding hydrogens is 310 g/mol. The van der Waals surface area contributed by atoms with Gasteiger partial charge in [-0.2, -0.15) is 0 Å². The van der Waals surface area contributed by atoms with Crippen LogP contribution in [0, 0.1) is 0 Å². The maximum atomic E-state index is 6.27. The van der Waals surface area contributed by atoms with Crippen LogP contribution in [-0.2, 0) is 0 Å². The zero-order valence-electron chi connectivity index (χ0n) is 13.6. The van der Waals surface area contributed by atoms with Crippen molar-refractivity contribution in [3.05, 3.63) is 53.1 Å². The van der Waals surface area contributed by atoms with Crippen LogP contribution in [-0.4, -0.2) is 24.5 Å². The summed E-state index contributed by atoms with van der Waals surface area (Å²) in [7, 11) is 0. The fourth-order valence-electron chi connectivity index (χ4n) is 2.89. The minimum Gasteiger partial charge on any atom is -0.482 e. The van der Waals surface area contributed by atoms with Gasteiger partial charge in [-0.05, 0) is 31.3 Å².